The SMILES string of the molecule is CCNC(C(C)CCOC)C(OC)c1ccccc1. The molecule has 0 aliphatic rings. The molecule has 19 heavy (non-hydrogen) atoms. The van der Waals surface area contributed by atoms with E-state index in [2.05, 4.69) is 43.4 Å². The lowest BCUT2D eigenvalue weighted by Gasteiger charge is -2.32. The van der Waals surface area contributed by atoms with Crippen LogP contribution in [-0.2, 0) is 9.47 Å². The van der Waals surface area contributed by atoms with Gasteiger partial charge in [-0.05, 0) is 24.4 Å². The van der Waals surface area contributed by atoms with Crippen LogP contribution in [0.4, 0.5) is 0 Å². The van der Waals surface area contributed by atoms with Gasteiger partial charge in [0.05, 0.1) is 6.10 Å². The first-order chi connectivity index (χ1) is 9.24. The molecule has 0 aliphatic carbocycles. The molecule has 108 valence electrons. The van der Waals surface area contributed by atoms with E-state index in [0.29, 0.717) is 12.0 Å². The topological polar surface area (TPSA) is 30.5 Å². The lowest BCUT2D eigenvalue weighted by Crippen LogP contribution is -2.41. The zero-order chi connectivity index (χ0) is 14.1. The standard InChI is InChI=1S/C16H27NO2/c1-5-17-15(13(2)11-12-18-3)16(19-4)14-9-7-6-8-10-14/h6-10,13,15-17H,5,11-12H2,1-4H3. The average Bonchev–Trinajstić information content (AvgIpc) is 2.45. The lowest BCUT2D eigenvalue weighted by molar-refractivity contribution is 0.0427. The fourth-order valence-electron chi connectivity index (χ4n) is 2.46. The number of hydrogen-bond acceptors (Lipinski definition) is 3. The molecule has 0 spiro atoms. The Morgan fingerprint density at radius 2 is 1.84 bits per heavy atom. The van der Waals surface area contributed by atoms with Gasteiger partial charge in [0.25, 0.3) is 0 Å². The Hall–Kier alpha value is -0.900. The van der Waals surface area contributed by atoms with Gasteiger partial charge in [-0.15, -0.1) is 0 Å². The van der Waals surface area contributed by atoms with Gasteiger partial charge in [0.2, 0.25) is 0 Å². The van der Waals surface area contributed by atoms with E-state index in [1.807, 2.05) is 6.07 Å². The van der Waals surface area contributed by atoms with Gasteiger partial charge < -0.3 is 14.8 Å². The van der Waals surface area contributed by atoms with E-state index in [0.717, 1.165) is 19.6 Å². The van der Waals surface area contributed by atoms with Crippen molar-refractivity contribution >= 4 is 0 Å². The van der Waals surface area contributed by atoms with Crippen LogP contribution in [0.2, 0.25) is 0 Å². The Morgan fingerprint density at radius 3 is 2.37 bits per heavy atom. The smallest absolute Gasteiger partial charge is 0.0976 e. The summed E-state index contributed by atoms with van der Waals surface area (Å²) in [5, 5.41) is 3.56. The van der Waals surface area contributed by atoms with Gasteiger partial charge in [-0.25, -0.2) is 0 Å². The van der Waals surface area contributed by atoms with Crippen LogP contribution >= 0.6 is 0 Å². The van der Waals surface area contributed by atoms with Crippen LogP contribution in [-0.4, -0.2) is 33.4 Å². The fraction of sp³-hybridized carbons (Fsp3) is 0.625. The summed E-state index contributed by atoms with van der Waals surface area (Å²) >= 11 is 0. The Bertz CT molecular complexity index is 329. The molecule has 1 aromatic rings. The Balaban J connectivity index is 2.82. The van der Waals surface area contributed by atoms with Gasteiger partial charge in [-0.3, -0.25) is 0 Å². The third-order valence-electron chi connectivity index (χ3n) is 3.54. The highest BCUT2D eigenvalue weighted by Gasteiger charge is 2.27. The zero-order valence-electron chi connectivity index (χ0n) is 12.6. The molecule has 0 heterocycles. The number of benzene rings is 1. The summed E-state index contributed by atoms with van der Waals surface area (Å²) in [5.74, 6) is 0.491. The summed E-state index contributed by atoms with van der Waals surface area (Å²) < 4.78 is 10.9. The summed E-state index contributed by atoms with van der Waals surface area (Å²) in [6.45, 7) is 6.11. The minimum absolute atomic E-state index is 0.0769. The highest BCUT2D eigenvalue weighted by Crippen LogP contribution is 2.26. The quantitative estimate of drug-likeness (QED) is 0.744. The van der Waals surface area contributed by atoms with Crippen LogP contribution in [0.15, 0.2) is 30.3 Å². The number of nitrogens with one attached hydrogen (secondary N) is 1. The summed E-state index contributed by atoms with van der Waals surface area (Å²) in [6, 6.07) is 10.7. The summed E-state index contributed by atoms with van der Waals surface area (Å²) in [7, 11) is 3.53. The molecule has 3 atom stereocenters. The molecule has 3 heteroatoms. The minimum Gasteiger partial charge on any atom is -0.385 e. The Labute approximate surface area is 117 Å². The first-order valence-corrected chi connectivity index (χ1v) is 7.04. The molecule has 3 unspecified atom stereocenters. The maximum absolute atomic E-state index is 5.75. The van der Waals surface area contributed by atoms with E-state index in [1.165, 1.54) is 5.56 Å². The van der Waals surface area contributed by atoms with Gasteiger partial charge in [-0.2, -0.15) is 0 Å². The van der Waals surface area contributed by atoms with Crippen LogP contribution in [0.3, 0.4) is 0 Å². The number of likely N-dealkylation sites (N-methyl/N-ethyl adjacent to an activating group) is 1. The van der Waals surface area contributed by atoms with Crippen LogP contribution in [0.1, 0.15) is 31.9 Å². The molecule has 0 amide bonds. The molecule has 1 N–H and O–H groups in total. The van der Waals surface area contributed by atoms with Crippen LogP contribution in [0.25, 0.3) is 0 Å². The van der Waals surface area contributed by atoms with E-state index >= 15 is 0 Å². The lowest BCUT2D eigenvalue weighted by atomic mass is 9.90. The molecule has 0 aliphatic heterocycles. The van der Waals surface area contributed by atoms with Crippen molar-refractivity contribution < 1.29 is 9.47 Å². The maximum Gasteiger partial charge on any atom is 0.0976 e. The first-order valence-electron chi connectivity index (χ1n) is 7.04. The van der Waals surface area contributed by atoms with Crippen molar-refractivity contribution in [1.82, 2.24) is 5.32 Å². The normalized spacial score (nSPS) is 16.0. The third kappa shape index (κ3) is 4.94. The molecule has 0 bridgehead atoms. The van der Waals surface area contributed by atoms with Crippen LogP contribution in [0, 0.1) is 5.92 Å². The van der Waals surface area contributed by atoms with Crippen LogP contribution in [0.5, 0.6) is 0 Å². The molecule has 1 aromatic carbocycles. The molecule has 3 nitrogen and oxygen atoms in total. The zero-order valence-corrected chi connectivity index (χ0v) is 12.6. The summed E-state index contributed by atoms with van der Waals surface area (Å²) in [5.41, 5.74) is 1.22. The monoisotopic (exact) mass is 265 g/mol. The molecule has 0 fully saturated rings. The molecular weight excluding hydrogens is 238 g/mol. The van der Waals surface area contributed by atoms with E-state index in [1.54, 1.807) is 14.2 Å². The first kappa shape index (κ1) is 16.2. The van der Waals surface area contributed by atoms with Crippen molar-refractivity contribution in [3.63, 3.8) is 0 Å². The van der Waals surface area contributed by atoms with Crippen molar-refractivity contribution in [2.75, 3.05) is 27.4 Å². The van der Waals surface area contributed by atoms with Crippen molar-refractivity contribution in [2.45, 2.75) is 32.4 Å². The molecule has 0 aromatic heterocycles. The highest BCUT2D eigenvalue weighted by atomic mass is 16.5. The summed E-state index contributed by atoms with van der Waals surface area (Å²) in [6.07, 6.45) is 1.11. The largest absolute Gasteiger partial charge is 0.385 e. The Kier molecular flexibility index (Phi) is 7.72. The van der Waals surface area contributed by atoms with Gasteiger partial charge >= 0.3 is 0 Å². The van der Waals surface area contributed by atoms with E-state index in [4.69, 9.17) is 9.47 Å². The van der Waals surface area contributed by atoms with Gasteiger partial charge in [0.15, 0.2) is 0 Å². The van der Waals surface area contributed by atoms with E-state index in [9.17, 15) is 0 Å². The molecule has 0 saturated heterocycles. The molecule has 0 radical (unpaired) electrons. The van der Waals surface area contributed by atoms with Crippen molar-refractivity contribution in [1.29, 1.82) is 0 Å². The molecule has 1 rings (SSSR count). The van der Waals surface area contributed by atoms with E-state index in [-0.39, 0.29) is 6.10 Å². The number of rotatable bonds is 9. The van der Waals surface area contributed by atoms with Crippen LogP contribution < -0.4 is 5.32 Å². The third-order valence-corrected chi connectivity index (χ3v) is 3.54. The van der Waals surface area contributed by atoms with Crippen molar-refractivity contribution in [3.05, 3.63) is 35.9 Å². The van der Waals surface area contributed by atoms with Gasteiger partial charge in [0, 0.05) is 26.9 Å². The second-order valence-corrected chi connectivity index (χ2v) is 4.91. The number of hydrogen-bond donors (Lipinski definition) is 1. The predicted octanol–water partition coefficient (Wildman–Crippen LogP) is 3.02. The van der Waals surface area contributed by atoms with Gasteiger partial charge in [0.1, 0.15) is 0 Å². The maximum atomic E-state index is 5.75. The van der Waals surface area contributed by atoms with Crippen molar-refractivity contribution in [3.8, 4) is 0 Å². The number of methoxy groups -OCH3 is 2. The van der Waals surface area contributed by atoms with Crippen molar-refractivity contribution in [2.24, 2.45) is 5.92 Å². The second-order valence-electron chi connectivity index (χ2n) is 4.91. The fourth-order valence-corrected chi connectivity index (χ4v) is 2.46. The second kappa shape index (κ2) is 9.08. The molecule has 0 saturated carbocycles. The van der Waals surface area contributed by atoms with Gasteiger partial charge in [-0.1, -0.05) is 44.2 Å². The Morgan fingerprint density at radius 1 is 1.16 bits per heavy atom. The predicted molar refractivity (Wildman–Crippen MR) is 79.3 cm³/mol. The highest BCUT2D eigenvalue weighted by molar-refractivity contribution is 5.19. The average molecular weight is 265 g/mol. The number of ether oxygens (including phenoxy) is 2. The molecular formula is C16H27NO2. The summed E-state index contributed by atoms with van der Waals surface area (Å²) in [4.78, 5) is 0. The minimum atomic E-state index is 0.0769. The van der Waals surface area contributed by atoms with E-state index < -0.39 is 0 Å².